The fourth-order valence-electron chi connectivity index (χ4n) is 3.51. The van der Waals surface area contributed by atoms with Crippen LogP contribution in [0.15, 0.2) is 53.4 Å². The van der Waals surface area contributed by atoms with Gasteiger partial charge in [-0.15, -0.1) is 0 Å². The molecule has 1 atom stereocenters. The van der Waals surface area contributed by atoms with Gasteiger partial charge in [-0.25, -0.2) is 4.79 Å². The van der Waals surface area contributed by atoms with Gasteiger partial charge in [0.25, 0.3) is 10.1 Å². The van der Waals surface area contributed by atoms with Gasteiger partial charge in [0.2, 0.25) is 0 Å². The molecule has 0 aliphatic carbocycles. The monoisotopic (exact) mass is 462 g/mol. The molecule has 31 heavy (non-hydrogen) atoms. The van der Waals surface area contributed by atoms with Gasteiger partial charge < -0.3 is 14.0 Å². The van der Waals surface area contributed by atoms with Gasteiger partial charge in [0.1, 0.15) is 16.4 Å². The minimum absolute atomic E-state index is 0.00198. The van der Waals surface area contributed by atoms with Gasteiger partial charge in [-0.05, 0) is 25.1 Å². The molecule has 0 saturated carbocycles. The minimum Gasteiger partial charge on any atom is -0.507 e. The summed E-state index contributed by atoms with van der Waals surface area (Å²) >= 11 is -2.78. The number of carbonyl (C=O) groups is 1. The molecule has 0 spiro atoms. The zero-order chi connectivity index (χ0) is 22.7. The summed E-state index contributed by atoms with van der Waals surface area (Å²) in [6.07, 6.45) is 0. The Kier molecular flexibility index (Phi) is 4.85. The zero-order valence-electron chi connectivity index (χ0n) is 15.8. The standard InChI is InChI=1S/C20H14O9S2/c1-9(2)20(22)28-15-7-14(21)10-3-4-12-16(29-30(23)24)8-17(31(25,26)27)13-6-5-11(15)18(10)19(12)13/h3-8,21H,1H2,2H3,(H,23,24)(H,25,26,27). The van der Waals surface area contributed by atoms with Crippen LogP contribution < -0.4 is 8.92 Å². The van der Waals surface area contributed by atoms with Gasteiger partial charge in [0.05, 0.1) is 0 Å². The normalized spacial score (nSPS) is 13.0. The summed E-state index contributed by atoms with van der Waals surface area (Å²) in [5.41, 5.74) is 0.125. The van der Waals surface area contributed by atoms with Gasteiger partial charge in [0.15, 0.2) is 5.75 Å². The van der Waals surface area contributed by atoms with Gasteiger partial charge >= 0.3 is 17.3 Å². The lowest BCUT2D eigenvalue weighted by Gasteiger charge is -2.17. The molecule has 11 heteroatoms. The van der Waals surface area contributed by atoms with Crippen LogP contribution in [0, 0.1) is 0 Å². The Bertz CT molecular complexity index is 1540. The number of phenolic OH excluding ortho intramolecular Hbond substituents is 1. The summed E-state index contributed by atoms with van der Waals surface area (Å²) in [5, 5.41) is 12.0. The third kappa shape index (κ3) is 3.47. The molecule has 4 rings (SSSR count). The summed E-state index contributed by atoms with van der Waals surface area (Å²) < 4.78 is 64.3. The van der Waals surface area contributed by atoms with Crippen LogP contribution in [-0.2, 0) is 26.3 Å². The first kappa shape index (κ1) is 21.0. The van der Waals surface area contributed by atoms with Crippen molar-refractivity contribution >= 4 is 59.8 Å². The Morgan fingerprint density at radius 2 is 1.55 bits per heavy atom. The van der Waals surface area contributed by atoms with Gasteiger partial charge in [0, 0.05) is 50.0 Å². The topological polar surface area (TPSA) is 147 Å². The van der Waals surface area contributed by atoms with Crippen LogP contribution in [-0.4, -0.2) is 32.8 Å². The molecule has 0 aliphatic rings. The number of aromatic hydroxyl groups is 1. The molecule has 0 aromatic heterocycles. The van der Waals surface area contributed by atoms with E-state index in [1.807, 2.05) is 0 Å². The highest BCUT2D eigenvalue weighted by molar-refractivity contribution is 7.86. The van der Waals surface area contributed by atoms with Crippen molar-refractivity contribution in [3.63, 3.8) is 0 Å². The highest BCUT2D eigenvalue weighted by Gasteiger charge is 2.24. The third-order valence-corrected chi connectivity index (χ3v) is 5.97. The molecule has 160 valence electrons. The van der Waals surface area contributed by atoms with Crippen molar-refractivity contribution in [1.29, 1.82) is 0 Å². The van der Waals surface area contributed by atoms with E-state index in [1.54, 1.807) is 0 Å². The molecule has 4 aromatic carbocycles. The number of phenols is 1. The van der Waals surface area contributed by atoms with Crippen molar-refractivity contribution in [2.75, 3.05) is 0 Å². The summed E-state index contributed by atoms with van der Waals surface area (Å²) in [6, 6.07) is 8.02. The number of carbonyl (C=O) groups excluding carboxylic acids is 1. The van der Waals surface area contributed by atoms with E-state index in [0.717, 1.165) is 6.07 Å². The molecular weight excluding hydrogens is 448 g/mol. The van der Waals surface area contributed by atoms with Gasteiger partial charge in [-0.2, -0.15) is 12.6 Å². The second kappa shape index (κ2) is 7.17. The van der Waals surface area contributed by atoms with E-state index >= 15 is 0 Å². The van der Waals surface area contributed by atoms with E-state index in [0.29, 0.717) is 16.2 Å². The van der Waals surface area contributed by atoms with Crippen molar-refractivity contribution in [2.45, 2.75) is 11.8 Å². The van der Waals surface area contributed by atoms with Crippen LogP contribution in [0.2, 0.25) is 0 Å². The molecule has 0 aliphatic heterocycles. The first-order chi connectivity index (χ1) is 14.5. The van der Waals surface area contributed by atoms with E-state index in [1.165, 1.54) is 37.3 Å². The number of rotatable bonds is 5. The molecule has 9 nitrogen and oxygen atoms in total. The molecule has 0 radical (unpaired) electrons. The molecule has 0 fully saturated rings. The Morgan fingerprint density at radius 1 is 1.00 bits per heavy atom. The summed E-state index contributed by atoms with van der Waals surface area (Å²) in [4.78, 5) is 11.5. The largest absolute Gasteiger partial charge is 0.507 e. The average molecular weight is 462 g/mol. The first-order valence-corrected chi connectivity index (χ1v) is 11.1. The Hall–Kier alpha value is -3.25. The second-order valence-corrected chi connectivity index (χ2v) is 8.77. The fraction of sp³-hybridized carbons (Fsp3) is 0.0500. The molecule has 0 heterocycles. The van der Waals surface area contributed by atoms with E-state index in [2.05, 4.69) is 6.58 Å². The lowest BCUT2D eigenvalue weighted by Crippen LogP contribution is -2.08. The number of benzene rings is 4. The third-order valence-electron chi connectivity index (χ3n) is 4.75. The maximum atomic E-state index is 12.0. The predicted octanol–water partition coefficient (Wildman–Crippen LogP) is 3.53. The highest BCUT2D eigenvalue weighted by Crippen LogP contribution is 2.46. The van der Waals surface area contributed by atoms with Gasteiger partial charge in [-0.1, -0.05) is 12.6 Å². The summed E-state index contributed by atoms with van der Waals surface area (Å²) in [7, 11) is -4.76. The number of hydrogen-bond acceptors (Lipinski definition) is 7. The van der Waals surface area contributed by atoms with E-state index in [-0.39, 0.29) is 39.0 Å². The lowest BCUT2D eigenvalue weighted by atomic mass is 9.93. The molecular formula is C20H14O9S2. The molecule has 0 saturated heterocycles. The van der Waals surface area contributed by atoms with Crippen molar-refractivity contribution in [1.82, 2.24) is 0 Å². The minimum atomic E-state index is -4.76. The molecule has 4 aromatic rings. The van der Waals surface area contributed by atoms with Crippen LogP contribution in [0.25, 0.3) is 32.3 Å². The zero-order valence-corrected chi connectivity index (χ0v) is 17.4. The lowest BCUT2D eigenvalue weighted by molar-refractivity contribution is -0.129. The van der Waals surface area contributed by atoms with Gasteiger partial charge in [-0.3, -0.25) is 9.11 Å². The molecule has 0 bridgehead atoms. The number of hydrogen-bond donors (Lipinski definition) is 3. The van der Waals surface area contributed by atoms with Crippen molar-refractivity contribution in [3.8, 4) is 17.2 Å². The van der Waals surface area contributed by atoms with Crippen LogP contribution in [0.3, 0.4) is 0 Å². The molecule has 3 N–H and O–H groups in total. The Labute approximate surface area is 178 Å². The summed E-state index contributed by atoms with van der Waals surface area (Å²) in [5.74, 6) is -1.26. The van der Waals surface area contributed by atoms with Crippen LogP contribution in [0.1, 0.15) is 6.92 Å². The number of esters is 1. The maximum Gasteiger partial charge on any atom is 0.357 e. The van der Waals surface area contributed by atoms with Crippen LogP contribution in [0.4, 0.5) is 0 Å². The highest BCUT2D eigenvalue weighted by atomic mass is 32.2. The predicted molar refractivity (Wildman–Crippen MR) is 113 cm³/mol. The molecule has 0 amide bonds. The smallest absolute Gasteiger partial charge is 0.357 e. The summed E-state index contributed by atoms with van der Waals surface area (Å²) in [6.45, 7) is 4.97. The average Bonchev–Trinajstić information content (AvgIpc) is 2.67. The SMILES string of the molecule is C=C(C)C(=O)Oc1cc(O)c2ccc3c(OS(=O)O)cc(S(=O)(=O)O)c4ccc1c2c34. The van der Waals surface area contributed by atoms with Crippen LogP contribution in [0.5, 0.6) is 17.2 Å². The van der Waals surface area contributed by atoms with E-state index < -0.39 is 32.3 Å². The van der Waals surface area contributed by atoms with Crippen molar-refractivity contribution in [3.05, 3.63) is 48.6 Å². The Morgan fingerprint density at radius 3 is 2.13 bits per heavy atom. The van der Waals surface area contributed by atoms with Crippen molar-refractivity contribution < 1.29 is 40.6 Å². The quantitative estimate of drug-likeness (QED) is 0.101. The fourth-order valence-corrected chi connectivity index (χ4v) is 4.51. The van der Waals surface area contributed by atoms with Crippen LogP contribution >= 0.6 is 0 Å². The second-order valence-electron chi connectivity index (χ2n) is 6.78. The van der Waals surface area contributed by atoms with E-state index in [4.69, 9.17) is 13.5 Å². The first-order valence-electron chi connectivity index (χ1n) is 8.61. The van der Waals surface area contributed by atoms with E-state index in [9.17, 15) is 27.1 Å². The maximum absolute atomic E-state index is 12.0. The Balaban J connectivity index is 2.21. The van der Waals surface area contributed by atoms with Crippen molar-refractivity contribution in [2.24, 2.45) is 0 Å². The number of ether oxygens (including phenoxy) is 1. The molecule has 1 unspecified atom stereocenters.